The van der Waals surface area contributed by atoms with E-state index in [1.807, 2.05) is 18.2 Å². The van der Waals surface area contributed by atoms with Crippen molar-refractivity contribution < 1.29 is 21.5 Å². The molecular formula is C12H16BrCl2N. The molecule has 0 aliphatic rings. The van der Waals surface area contributed by atoms with Crippen LogP contribution in [0.1, 0.15) is 5.56 Å². The summed E-state index contributed by atoms with van der Waals surface area (Å²) < 4.78 is 0.823. The largest absolute Gasteiger partial charge is 1.00 e. The first-order valence-electron chi connectivity index (χ1n) is 4.82. The fourth-order valence-corrected chi connectivity index (χ4v) is 1.93. The molecule has 90 valence electrons. The Morgan fingerprint density at radius 3 is 2.50 bits per heavy atom. The molecule has 0 fully saturated rings. The van der Waals surface area contributed by atoms with Crippen LogP contribution >= 0.6 is 23.2 Å². The lowest BCUT2D eigenvalue weighted by atomic mass is 10.2. The summed E-state index contributed by atoms with van der Waals surface area (Å²) in [6.45, 7) is 5.51. The zero-order valence-electron chi connectivity index (χ0n) is 9.51. The fraction of sp³-hybridized carbons (Fsp3) is 0.333. The molecule has 0 bridgehead atoms. The van der Waals surface area contributed by atoms with Crippen LogP contribution in [0.5, 0.6) is 0 Å². The van der Waals surface area contributed by atoms with Crippen molar-refractivity contribution in [3.63, 3.8) is 0 Å². The number of rotatable bonds is 4. The first-order chi connectivity index (χ1) is 6.96. The zero-order valence-corrected chi connectivity index (χ0v) is 12.6. The maximum absolute atomic E-state index is 6.13. The van der Waals surface area contributed by atoms with Gasteiger partial charge in [0.15, 0.2) is 0 Å². The van der Waals surface area contributed by atoms with Crippen LogP contribution in [0.15, 0.2) is 30.9 Å². The first-order valence-corrected chi connectivity index (χ1v) is 5.57. The van der Waals surface area contributed by atoms with E-state index in [1.165, 1.54) is 0 Å². The molecule has 0 aromatic heterocycles. The SMILES string of the molecule is C=CC[N+](C)(C)Cc1cccc(Cl)c1Cl.[Br-]. The third kappa shape index (κ3) is 4.46. The van der Waals surface area contributed by atoms with Crippen molar-refractivity contribution in [2.75, 3.05) is 20.6 Å². The number of quaternary nitrogens is 1. The summed E-state index contributed by atoms with van der Waals surface area (Å²) in [6.07, 6.45) is 1.92. The van der Waals surface area contributed by atoms with Crippen LogP contribution in [0.2, 0.25) is 10.0 Å². The van der Waals surface area contributed by atoms with Crippen molar-refractivity contribution in [3.05, 3.63) is 46.5 Å². The van der Waals surface area contributed by atoms with Gasteiger partial charge in [-0.1, -0.05) is 41.9 Å². The number of hydrogen-bond donors (Lipinski definition) is 0. The Hall–Kier alpha value is -0.0200. The summed E-state index contributed by atoms with van der Waals surface area (Å²) >= 11 is 12.1. The van der Waals surface area contributed by atoms with Gasteiger partial charge in [-0.3, -0.25) is 0 Å². The molecule has 0 saturated heterocycles. The molecule has 0 spiro atoms. The summed E-state index contributed by atoms with van der Waals surface area (Å²) in [5.74, 6) is 0. The van der Waals surface area contributed by atoms with Gasteiger partial charge in [-0.2, -0.15) is 0 Å². The minimum Gasteiger partial charge on any atom is -1.00 e. The van der Waals surface area contributed by atoms with E-state index in [1.54, 1.807) is 6.07 Å². The van der Waals surface area contributed by atoms with Gasteiger partial charge in [0.05, 0.1) is 30.7 Å². The summed E-state index contributed by atoms with van der Waals surface area (Å²) in [5.41, 5.74) is 1.08. The molecule has 0 radical (unpaired) electrons. The highest BCUT2D eigenvalue weighted by molar-refractivity contribution is 6.42. The Morgan fingerprint density at radius 2 is 1.94 bits per heavy atom. The van der Waals surface area contributed by atoms with Crippen molar-refractivity contribution in [2.24, 2.45) is 0 Å². The maximum Gasteiger partial charge on any atom is 0.106 e. The summed E-state index contributed by atoms with van der Waals surface area (Å²) in [5, 5.41) is 1.28. The minimum absolute atomic E-state index is 0. The third-order valence-corrected chi connectivity index (χ3v) is 3.11. The highest BCUT2D eigenvalue weighted by atomic mass is 79.9. The zero-order chi connectivity index (χ0) is 11.5. The molecule has 4 heteroatoms. The summed E-state index contributed by atoms with van der Waals surface area (Å²) in [7, 11) is 4.28. The second-order valence-electron chi connectivity index (χ2n) is 4.28. The number of halogens is 3. The van der Waals surface area contributed by atoms with Crippen LogP contribution in [0.25, 0.3) is 0 Å². The topological polar surface area (TPSA) is 0 Å². The van der Waals surface area contributed by atoms with Crippen LogP contribution in [0.3, 0.4) is 0 Å². The molecule has 0 atom stereocenters. The Labute approximate surface area is 118 Å². The molecule has 0 heterocycles. The van der Waals surface area contributed by atoms with E-state index in [0.717, 1.165) is 23.1 Å². The maximum atomic E-state index is 6.13. The summed E-state index contributed by atoms with van der Waals surface area (Å²) in [4.78, 5) is 0. The molecule has 0 saturated carbocycles. The smallest absolute Gasteiger partial charge is 0.106 e. The van der Waals surface area contributed by atoms with Gasteiger partial charge in [0, 0.05) is 5.56 Å². The van der Waals surface area contributed by atoms with Gasteiger partial charge >= 0.3 is 0 Å². The van der Waals surface area contributed by atoms with Gasteiger partial charge in [-0.05, 0) is 12.1 Å². The predicted octanol–water partition coefficient (Wildman–Crippen LogP) is 0.760. The van der Waals surface area contributed by atoms with Crippen molar-refractivity contribution in [1.82, 2.24) is 0 Å². The number of hydrogen-bond acceptors (Lipinski definition) is 0. The second-order valence-corrected chi connectivity index (χ2v) is 5.06. The molecule has 0 amide bonds. The first kappa shape index (κ1) is 16.0. The second kappa shape index (κ2) is 6.65. The van der Waals surface area contributed by atoms with E-state index in [-0.39, 0.29) is 17.0 Å². The lowest BCUT2D eigenvalue weighted by Gasteiger charge is -2.28. The molecule has 16 heavy (non-hydrogen) atoms. The van der Waals surface area contributed by atoms with Crippen molar-refractivity contribution in [1.29, 1.82) is 0 Å². The van der Waals surface area contributed by atoms with Crippen LogP contribution < -0.4 is 17.0 Å². The number of likely N-dealkylation sites (N-methyl/N-ethyl adjacent to an activating group) is 1. The number of benzene rings is 1. The highest BCUT2D eigenvalue weighted by Gasteiger charge is 2.16. The van der Waals surface area contributed by atoms with Crippen LogP contribution in [-0.4, -0.2) is 25.1 Å². The number of nitrogens with zero attached hydrogens (tertiary/aromatic N) is 1. The average molecular weight is 325 g/mol. The lowest BCUT2D eigenvalue weighted by molar-refractivity contribution is -0.897. The minimum atomic E-state index is 0. The van der Waals surface area contributed by atoms with Gasteiger partial charge in [-0.25, -0.2) is 0 Å². The van der Waals surface area contributed by atoms with Gasteiger partial charge in [0.25, 0.3) is 0 Å². The normalized spacial score (nSPS) is 10.8. The molecule has 0 N–H and O–H groups in total. The van der Waals surface area contributed by atoms with Crippen molar-refractivity contribution in [2.45, 2.75) is 6.54 Å². The molecule has 1 aromatic carbocycles. The van der Waals surface area contributed by atoms with Gasteiger partial charge in [0.2, 0.25) is 0 Å². The van der Waals surface area contributed by atoms with Crippen LogP contribution in [0, 0.1) is 0 Å². The van der Waals surface area contributed by atoms with E-state index in [9.17, 15) is 0 Å². The Kier molecular flexibility index (Phi) is 6.64. The van der Waals surface area contributed by atoms with Gasteiger partial charge in [0.1, 0.15) is 6.54 Å². The van der Waals surface area contributed by atoms with Crippen LogP contribution in [-0.2, 0) is 6.54 Å². The van der Waals surface area contributed by atoms with E-state index < -0.39 is 0 Å². The molecule has 0 unspecified atom stereocenters. The molecule has 0 aliphatic carbocycles. The Morgan fingerprint density at radius 1 is 1.31 bits per heavy atom. The van der Waals surface area contributed by atoms with Gasteiger partial charge < -0.3 is 21.5 Å². The summed E-state index contributed by atoms with van der Waals surface area (Å²) in [6, 6.07) is 5.75. The van der Waals surface area contributed by atoms with Gasteiger partial charge in [-0.15, -0.1) is 0 Å². The van der Waals surface area contributed by atoms with Crippen LogP contribution in [0.4, 0.5) is 0 Å². The molecule has 1 nitrogen and oxygen atoms in total. The lowest BCUT2D eigenvalue weighted by Crippen LogP contribution is -3.00. The molecule has 1 aromatic rings. The third-order valence-electron chi connectivity index (χ3n) is 2.25. The van der Waals surface area contributed by atoms with E-state index in [0.29, 0.717) is 10.0 Å². The quantitative estimate of drug-likeness (QED) is 0.566. The molecule has 0 aliphatic heterocycles. The van der Waals surface area contributed by atoms with Crippen molar-refractivity contribution >= 4 is 23.2 Å². The van der Waals surface area contributed by atoms with E-state index >= 15 is 0 Å². The average Bonchev–Trinajstić information content (AvgIpc) is 2.12. The molecule has 1 rings (SSSR count). The van der Waals surface area contributed by atoms with E-state index in [2.05, 4.69) is 20.7 Å². The van der Waals surface area contributed by atoms with E-state index in [4.69, 9.17) is 23.2 Å². The highest BCUT2D eigenvalue weighted by Crippen LogP contribution is 2.27. The Bertz CT molecular complexity index is 364. The predicted molar refractivity (Wildman–Crippen MR) is 67.3 cm³/mol. The monoisotopic (exact) mass is 323 g/mol. The molecular weight excluding hydrogens is 309 g/mol. The fourth-order valence-electron chi connectivity index (χ4n) is 1.55. The Balaban J connectivity index is 0.00000225. The standard InChI is InChI=1S/C12H16Cl2N.BrH/c1-4-8-15(2,3)9-10-6-5-7-11(13)12(10)14;/h4-7H,1,8-9H2,2-3H3;1H/q+1;/p-1. The van der Waals surface area contributed by atoms with Crippen molar-refractivity contribution in [3.8, 4) is 0 Å².